The predicted molar refractivity (Wildman–Crippen MR) is 513 cm³/mol. The van der Waals surface area contributed by atoms with Crippen LogP contribution in [-0.4, -0.2) is 33.6 Å². The van der Waals surface area contributed by atoms with Crippen LogP contribution in [0.3, 0.4) is 0 Å². The summed E-state index contributed by atoms with van der Waals surface area (Å²) < 4.78 is 28.4. The number of pyridine rings is 1. The third-order valence-electron chi connectivity index (χ3n) is 25.3. The highest BCUT2D eigenvalue weighted by Gasteiger charge is 2.35. The Hall–Kier alpha value is -16.1. The fourth-order valence-electron chi connectivity index (χ4n) is 19.4. The summed E-state index contributed by atoms with van der Waals surface area (Å²) in [6.07, 6.45) is 1.85. The second kappa shape index (κ2) is 28.0. The summed E-state index contributed by atoms with van der Waals surface area (Å²) in [4.78, 5) is 19.5. The number of furan rings is 3. The Labute approximate surface area is 714 Å². The van der Waals surface area contributed by atoms with Crippen molar-refractivity contribution >= 4 is 163 Å². The molecule has 0 saturated heterocycles. The van der Waals surface area contributed by atoms with Gasteiger partial charge in [0.25, 0.3) is 0 Å². The van der Waals surface area contributed by atoms with Crippen molar-refractivity contribution in [3.05, 3.63) is 406 Å². The monoisotopic (exact) mass is 1610 g/mol. The third-order valence-corrected chi connectivity index (χ3v) is 26.6. The molecule has 0 bridgehead atoms. The van der Waals surface area contributed by atoms with Gasteiger partial charge in [0.1, 0.15) is 39.3 Å². The van der Waals surface area contributed by atoms with E-state index in [4.69, 9.17) is 33.2 Å². The molecule has 9 aromatic heterocycles. The SMILES string of the molecule is CC1(C)c2ccccc2-c2cc(-c3ccc(-n4c5ccccc5c5cc6oc7ccccc7c6cc54)cc3)ccc21.c1ccc(-c2nc(-c3ccccc3)nc(-c3ccc(-n4c5ccccc5c5cc6oc7ccccc7c6cc54)nc3)n2)cc1.c1ccc2c(c1)oc1cc3c4ccccc4n(-c4ccc(-c5cccc6c5sc5ccccc56)cc4)c3cc12. The molecule has 0 saturated carbocycles. The Morgan fingerprint density at radius 2 is 0.637 bits per heavy atom. The molecule has 27 rings (SSSR count). The molecule has 0 fully saturated rings. The minimum absolute atomic E-state index is 0.0244. The van der Waals surface area contributed by atoms with Gasteiger partial charge in [-0.05, 0) is 166 Å². The molecule has 9 heterocycles. The fraction of sp³-hybridized carbons (Fsp3) is 0.0265. The number of fused-ring (bicyclic) bond motifs is 24. The minimum atomic E-state index is 0.0244. The molecule has 1 aliphatic rings. The summed E-state index contributed by atoms with van der Waals surface area (Å²) in [5.74, 6) is 2.63. The maximum Gasteiger partial charge on any atom is 0.165 e. The van der Waals surface area contributed by atoms with Gasteiger partial charge in [-0.15, -0.1) is 11.3 Å². The minimum Gasteiger partial charge on any atom is -0.456 e. The lowest BCUT2D eigenvalue weighted by Crippen LogP contribution is -2.14. The van der Waals surface area contributed by atoms with Crippen molar-refractivity contribution in [2.75, 3.05) is 0 Å². The number of rotatable bonds is 8. The van der Waals surface area contributed by atoms with E-state index in [1.807, 2.05) is 133 Å². The van der Waals surface area contributed by atoms with E-state index in [9.17, 15) is 0 Å². The Balaban J connectivity index is 0.000000102. The van der Waals surface area contributed by atoms with Gasteiger partial charge < -0.3 is 22.4 Å². The van der Waals surface area contributed by atoms with E-state index in [1.54, 1.807) is 0 Å². The zero-order valence-electron chi connectivity index (χ0n) is 67.3. The van der Waals surface area contributed by atoms with E-state index in [-0.39, 0.29) is 5.41 Å². The van der Waals surface area contributed by atoms with E-state index in [2.05, 4.69) is 301 Å². The molecular formula is C113H71N7O3S. The van der Waals surface area contributed by atoms with E-state index in [0.29, 0.717) is 17.5 Å². The van der Waals surface area contributed by atoms with Crippen molar-refractivity contribution in [1.82, 2.24) is 33.6 Å². The number of thiophene rings is 1. The maximum absolute atomic E-state index is 6.25. The zero-order valence-corrected chi connectivity index (χ0v) is 68.1. The Morgan fingerprint density at radius 3 is 1.15 bits per heavy atom. The number of aromatic nitrogens is 7. The van der Waals surface area contributed by atoms with Crippen molar-refractivity contribution in [2.24, 2.45) is 0 Å². The standard InChI is InChI=1S/C39H27NO.C38H23N5O.C36H21NOS/c1-39(2)33-12-6-3-9-27(33)30-21-25(17-20-34(30)39)24-15-18-26(19-16-24)40-35-13-7-4-10-28(35)31-23-38-32(22-36(31)40)29-11-5-8-14-37(29)41-38;1-3-11-24(12-4-1)36-40-37(25-13-5-2-6-14-25)42-38(41-36)26-19-20-35(39-23-26)43-31-17-9-7-15-27(31)29-22-34-30(21-32(29)43)28-16-8-10-18-33(28)44-34;1-4-13-31-25(8-1)29-21-34-30(26-9-2-5-14-33(26)38-34)20-32(29)37(31)23-18-16-22(17-19-23)24-11-7-12-28-27-10-3-6-15-35(27)39-36(24)28/h3-23H,1-2H3;1-23H;1-21H. The summed E-state index contributed by atoms with van der Waals surface area (Å²) in [5, 5.41) is 16.6. The second-order valence-corrected chi connectivity index (χ2v) is 33.7. The van der Waals surface area contributed by atoms with Crippen LogP contribution in [0.2, 0.25) is 0 Å². The summed E-state index contributed by atoms with van der Waals surface area (Å²) >= 11 is 1.88. The highest BCUT2D eigenvalue weighted by Crippen LogP contribution is 2.51. The predicted octanol–water partition coefficient (Wildman–Crippen LogP) is 30.6. The topological polar surface area (TPSA) is 106 Å². The molecule has 0 unspecified atom stereocenters. The van der Waals surface area contributed by atoms with Crippen LogP contribution in [0.5, 0.6) is 0 Å². The van der Waals surface area contributed by atoms with Crippen molar-refractivity contribution in [1.29, 1.82) is 0 Å². The van der Waals surface area contributed by atoms with Gasteiger partial charge in [-0.2, -0.15) is 0 Å². The van der Waals surface area contributed by atoms with E-state index < -0.39 is 0 Å². The van der Waals surface area contributed by atoms with E-state index >= 15 is 0 Å². The van der Waals surface area contributed by atoms with Crippen molar-refractivity contribution < 1.29 is 13.3 Å². The first-order valence-corrected chi connectivity index (χ1v) is 42.8. The molecular weight excluding hydrogens is 1540 g/mol. The molecule has 0 radical (unpaired) electrons. The fourth-order valence-corrected chi connectivity index (χ4v) is 20.7. The van der Waals surface area contributed by atoms with Gasteiger partial charge >= 0.3 is 0 Å². The van der Waals surface area contributed by atoms with Crippen LogP contribution >= 0.6 is 11.3 Å². The Bertz CT molecular complexity index is 8770. The van der Waals surface area contributed by atoms with Gasteiger partial charge in [-0.25, -0.2) is 19.9 Å². The van der Waals surface area contributed by atoms with Crippen LogP contribution < -0.4 is 0 Å². The first kappa shape index (κ1) is 70.9. The van der Waals surface area contributed by atoms with E-state index in [1.165, 1.54) is 108 Å². The number of hydrogen-bond donors (Lipinski definition) is 0. The maximum atomic E-state index is 6.25. The van der Waals surface area contributed by atoms with Crippen LogP contribution in [0.25, 0.3) is 236 Å². The largest absolute Gasteiger partial charge is 0.456 e. The van der Waals surface area contributed by atoms with Crippen LogP contribution in [0.1, 0.15) is 25.0 Å². The molecule has 26 aromatic rings. The molecule has 0 spiro atoms. The molecule has 10 nitrogen and oxygen atoms in total. The van der Waals surface area contributed by atoms with Gasteiger partial charge in [0.2, 0.25) is 0 Å². The number of nitrogens with zero attached hydrogens (tertiary/aromatic N) is 7. The highest BCUT2D eigenvalue weighted by molar-refractivity contribution is 7.26. The molecule has 0 N–H and O–H groups in total. The van der Waals surface area contributed by atoms with Gasteiger partial charge in [-0.3, -0.25) is 4.57 Å². The highest BCUT2D eigenvalue weighted by atomic mass is 32.1. The zero-order chi connectivity index (χ0) is 81.8. The van der Waals surface area contributed by atoms with Crippen LogP contribution in [0.15, 0.2) is 408 Å². The van der Waals surface area contributed by atoms with Gasteiger partial charge in [0.05, 0.1) is 33.1 Å². The van der Waals surface area contributed by atoms with Crippen molar-refractivity contribution in [3.63, 3.8) is 0 Å². The van der Waals surface area contributed by atoms with Crippen molar-refractivity contribution in [3.8, 4) is 84.7 Å². The average Bonchev–Trinajstić information content (AvgIpc) is 1.57. The molecule has 0 amide bonds. The smallest absolute Gasteiger partial charge is 0.165 e. The van der Waals surface area contributed by atoms with Gasteiger partial charge in [0.15, 0.2) is 17.5 Å². The number of benzene rings is 17. The molecule has 17 aromatic carbocycles. The van der Waals surface area contributed by atoms with Crippen LogP contribution in [0, 0.1) is 0 Å². The molecule has 0 atom stereocenters. The Morgan fingerprint density at radius 1 is 0.242 bits per heavy atom. The van der Waals surface area contributed by atoms with Gasteiger partial charge in [-0.1, -0.05) is 281 Å². The summed E-state index contributed by atoms with van der Waals surface area (Å²) in [7, 11) is 0. The second-order valence-electron chi connectivity index (χ2n) is 32.7. The average molecular weight is 1610 g/mol. The molecule has 1 aliphatic carbocycles. The third kappa shape index (κ3) is 11.3. The summed E-state index contributed by atoms with van der Waals surface area (Å²) in [6.45, 7) is 4.66. The van der Waals surface area contributed by atoms with Crippen molar-refractivity contribution in [2.45, 2.75) is 19.3 Å². The lowest BCUT2D eigenvalue weighted by atomic mass is 9.82. The normalized spacial score (nSPS) is 12.5. The van der Waals surface area contributed by atoms with Crippen LogP contribution in [-0.2, 0) is 5.41 Å². The first-order valence-electron chi connectivity index (χ1n) is 41.9. The van der Waals surface area contributed by atoms with Gasteiger partial charge in [0, 0.05) is 124 Å². The summed E-state index contributed by atoms with van der Waals surface area (Å²) in [5.41, 5.74) is 27.9. The van der Waals surface area contributed by atoms with Crippen LogP contribution in [0.4, 0.5) is 0 Å². The Kier molecular flexibility index (Phi) is 16.0. The molecule has 124 heavy (non-hydrogen) atoms. The van der Waals surface area contributed by atoms with E-state index in [0.717, 1.165) is 122 Å². The first-order chi connectivity index (χ1) is 61.2. The number of para-hydroxylation sites is 6. The molecule has 0 aliphatic heterocycles. The summed E-state index contributed by atoms with van der Waals surface area (Å²) in [6, 6.07) is 137. The molecule has 582 valence electrons. The lowest BCUT2D eigenvalue weighted by molar-refractivity contribution is 0.660. The molecule has 11 heteroatoms. The number of hydrogen-bond acceptors (Lipinski definition) is 8. The quantitative estimate of drug-likeness (QED) is 0.149. The lowest BCUT2D eigenvalue weighted by Gasteiger charge is -2.21.